The summed E-state index contributed by atoms with van der Waals surface area (Å²) in [5.41, 5.74) is 1.09. The molecule has 2 aromatic carbocycles. The SMILES string of the molecule is Cc1ccc(Br)cc1S(=O)(=O)Nc1cc(Cl)ccc1C(=O)N1CCCC1. The average molecular weight is 458 g/mol. The molecule has 26 heavy (non-hydrogen) atoms. The third kappa shape index (κ3) is 4.05. The highest BCUT2D eigenvalue weighted by molar-refractivity contribution is 9.10. The van der Waals surface area contributed by atoms with Crippen LogP contribution in [0.3, 0.4) is 0 Å². The summed E-state index contributed by atoms with van der Waals surface area (Å²) in [7, 11) is -3.87. The van der Waals surface area contributed by atoms with Gasteiger partial charge in [-0.25, -0.2) is 8.42 Å². The maximum atomic E-state index is 12.9. The van der Waals surface area contributed by atoms with E-state index in [1.807, 2.05) is 0 Å². The van der Waals surface area contributed by atoms with Crippen molar-refractivity contribution in [3.05, 3.63) is 57.0 Å². The second-order valence-electron chi connectivity index (χ2n) is 6.20. The number of carbonyl (C=O) groups is 1. The molecule has 1 saturated heterocycles. The molecule has 2 aromatic rings. The van der Waals surface area contributed by atoms with Gasteiger partial charge in [0.1, 0.15) is 0 Å². The van der Waals surface area contributed by atoms with E-state index in [-0.39, 0.29) is 16.5 Å². The number of hydrogen-bond donors (Lipinski definition) is 1. The van der Waals surface area contributed by atoms with Gasteiger partial charge >= 0.3 is 0 Å². The average Bonchev–Trinajstić information content (AvgIpc) is 3.11. The highest BCUT2D eigenvalue weighted by atomic mass is 79.9. The number of nitrogens with zero attached hydrogens (tertiary/aromatic N) is 1. The Morgan fingerprint density at radius 1 is 1.15 bits per heavy atom. The third-order valence-corrected chi connectivity index (χ3v) is 6.53. The van der Waals surface area contributed by atoms with Crippen LogP contribution in [0.25, 0.3) is 0 Å². The number of halogens is 2. The Morgan fingerprint density at radius 3 is 2.54 bits per heavy atom. The largest absolute Gasteiger partial charge is 0.339 e. The first kappa shape index (κ1) is 19.2. The topological polar surface area (TPSA) is 66.5 Å². The molecule has 0 aliphatic carbocycles. The first-order valence-electron chi connectivity index (χ1n) is 8.16. The van der Waals surface area contributed by atoms with Gasteiger partial charge in [0.25, 0.3) is 15.9 Å². The van der Waals surface area contributed by atoms with Crippen molar-refractivity contribution in [2.24, 2.45) is 0 Å². The monoisotopic (exact) mass is 456 g/mol. The molecule has 1 heterocycles. The normalized spacial score (nSPS) is 14.5. The van der Waals surface area contributed by atoms with Crippen LogP contribution in [0.2, 0.25) is 5.02 Å². The van der Waals surface area contributed by atoms with Crippen LogP contribution in [0.15, 0.2) is 45.8 Å². The van der Waals surface area contributed by atoms with Crippen molar-refractivity contribution < 1.29 is 13.2 Å². The minimum absolute atomic E-state index is 0.145. The number of benzene rings is 2. The Bertz CT molecular complexity index is 957. The van der Waals surface area contributed by atoms with Gasteiger partial charge < -0.3 is 4.90 Å². The van der Waals surface area contributed by atoms with Crippen LogP contribution < -0.4 is 4.72 Å². The standard InChI is InChI=1S/C18H18BrClN2O3S/c1-12-4-5-13(19)10-17(12)26(24,25)21-16-11-14(20)6-7-15(16)18(23)22-8-2-3-9-22/h4-7,10-11,21H,2-3,8-9H2,1H3. The first-order valence-corrected chi connectivity index (χ1v) is 10.8. The molecule has 0 aromatic heterocycles. The molecule has 138 valence electrons. The number of nitrogens with one attached hydrogen (secondary N) is 1. The van der Waals surface area contributed by atoms with Crippen molar-refractivity contribution in [3.8, 4) is 0 Å². The number of amides is 1. The summed E-state index contributed by atoms with van der Waals surface area (Å²) < 4.78 is 29.0. The molecule has 0 spiro atoms. The van der Waals surface area contributed by atoms with Crippen molar-refractivity contribution >= 4 is 49.1 Å². The smallest absolute Gasteiger partial charge is 0.262 e. The summed E-state index contributed by atoms with van der Waals surface area (Å²) in [6.45, 7) is 3.08. The maximum Gasteiger partial charge on any atom is 0.262 e. The van der Waals surface area contributed by atoms with Crippen molar-refractivity contribution in [3.63, 3.8) is 0 Å². The van der Waals surface area contributed by atoms with E-state index in [1.165, 1.54) is 12.1 Å². The molecule has 1 aliphatic rings. The quantitative estimate of drug-likeness (QED) is 0.738. The third-order valence-electron chi connectivity index (χ3n) is 4.29. The summed E-state index contributed by atoms with van der Waals surface area (Å²) in [6, 6.07) is 9.64. The van der Waals surface area contributed by atoms with E-state index in [0.717, 1.165) is 12.8 Å². The van der Waals surface area contributed by atoms with Gasteiger partial charge in [-0.3, -0.25) is 9.52 Å². The van der Waals surface area contributed by atoms with Crippen LogP contribution in [0, 0.1) is 6.92 Å². The van der Waals surface area contributed by atoms with E-state index >= 15 is 0 Å². The molecule has 0 saturated carbocycles. The minimum Gasteiger partial charge on any atom is -0.339 e. The van der Waals surface area contributed by atoms with E-state index in [0.29, 0.717) is 33.7 Å². The number of sulfonamides is 1. The van der Waals surface area contributed by atoms with Crippen molar-refractivity contribution in [2.75, 3.05) is 17.8 Å². The Morgan fingerprint density at radius 2 is 1.85 bits per heavy atom. The molecular formula is C18H18BrClN2O3S. The van der Waals surface area contributed by atoms with Gasteiger partial charge in [-0.05, 0) is 55.7 Å². The number of anilines is 1. The van der Waals surface area contributed by atoms with Gasteiger partial charge in [0.2, 0.25) is 0 Å². The summed E-state index contributed by atoms with van der Waals surface area (Å²) in [5.74, 6) is -0.192. The lowest BCUT2D eigenvalue weighted by Crippen LogP contribution is -2.29. The zero-order valence-electron chi connectivity index (χ0n) is 14.1. The zero-order valence-corrected chi connectivity index (χ0v) is 17.3. The molecule has 5 nitrogen and oxygen atoms in total. The van der Waals surface area contributed by atoms with Gasteiger partial charge in [-0.1, -0.05) is 33.6 Å². The van der Waals surface area contributed by atoms with Gasteiger partial charge in [0.15, 0.2) is 0 Å². The number of hydrogen-bond acceptors (Lipinski definition) is 3. The number of carbonyl (C=O) groups excluding carboxylic acids is 1. The molecule has 1 fully saturated rings. The molecule has 1 N–H and O–H groups in total. The summed E-state index contributed by atoms with van der Waals surface area (Å²) in [4.78, 5) is 14.6. The molecule has 1 aliphatic heterocycles. The Balaban J connectivity index is 1.99. The molecule has 3 rings (SSSR count). The second kappa shape index (κ2) is 7.58. The van der Waals surface area contributed by atoms with Crippen LogP contribution in [-0.2, 0) is 10.0 Å². The van der Waals surface area contributed by atoms with Crippen LogP contribution in [-0.4, -0.2) is 32.3 Å². The molecule has 0 unspecified atom stereocenters. The van der Waals surface area contributed by atoms with Crippen LogP contribution in [0.1, 0.15) is 28.8 Å². The highest BCUT2D eigenvalue weighted by Gasteiger charge is 2.25. The zero-order chi connectivity index (χ0) is 18.9. The van der Waals surface area contributed by atoms with E-state index in [2.05, 4.69) is 20.7 Å². The van der Waals surface area contributed by atoms with E-state index in [1.54, 1.807) is 36.1 Å². The molecule has 0 bridgehead atoms. The molecule has 1 amide bonds. The Hall–Kier alpha value is -1.57. The van der Waals surface area contributed by atoms with Crippen LogP contribution in [0.5, 0.6) is 0 Å². The van der Waals surface area contributed by atoms with Crippen molar-refractivity contribution in [1.29, 1.82) is 0 Å². The predicted octanol–water partition coefficient (Wildman–Crippen LogP) is 4.45. The van der Waals surface area contributed by atoms with Crippen LogP contribution in [0.4, 0.5) is 5.69 Å². The number of likely N-dealkylation sites (tertiary alicyclic amines) is 1. The fourth-order valence-electron chi connectivity index (χ4n) is 2.94. The number of aryl methyl sites for hydroxylation is 1. The van der Waals surface area contributed by atoms with E-state index in [9.17, 15) is 13.2 Å². The first-order chi connectivity index (χ1) is 12.3. The van der Waals surface area contributed by atoms with Gasteiger partial charge in [-0.15, -0.1) is 0 Å². The summed E-state index contributed by atoms with van der Waals surface area (Å²) in [5, 5.41) is 0.353. The maximum absolute atomic E-state index is 12.9. The Labute approximate surface area is 166 Å². The fourth-order valence-corrected chi connectivity index (χ4v) is 4.97. The summed E-state index contributed by atoms with van der Waals surface area (Å²) >= 11 is 9.34. The van der Waals surface area contributed by atoms with Gasteiger partial charge in [0, 0.05) is 22.6 Å². The summed E-state index contributed by atoms with van der Waals surface area (Å²) in [6.07, 6.45) is 1.91. The predicted molar refractivity (Wildman–Crippen MR) is 106 cm³/mol. The van der Waals surface area contributed by atoms with Gasteiger partial charge in [0.05, 0.1) is 16.1 Å². The van der Waals surface area contributed by atoms with E-state index < -0.39 is 10.0 Å². The molecule has 8 heteroatoms. The van der Waals surface area contributed by atoms with Crippen LogP contribution >= 0.6 is 27.5 Å². The van der Waals surface area contributed by atoms with E-state index in [4.69, 9.17) is 11.6 Å². The lowest BCUT2D eigenvalue weighted by molar-refractivity contribution is 0.0794. The number of rotatable bonds is 4. The van der Waals surface area contributed by atoms with Crippen molar-refractivity contribution in [1.82, 2.24) is 4.90 Å². The minimum atomic E-state index is -3.87. The Kier molecular flexibility index (Phi) is 5.60. The second-order valence-corrected chi connectivity index (χ2v) is 9.21. The highest BCUT2D eigenvalue weighted by Crippen LogP contribution is 2.28. The van der Waals surface area contributed by atoms with Gasteiger partial charge in [-0.2, -0.15) is 0 Å². The lowest BCUT2D eigenvalue weighted by Gasteiger charge is -2.19. The fraction of sp³-hybridized carbons (Fsp3) is 0.278. The lowest BCUT2D eigenvalue weighted by atomic mass is 10.1. The van der Waals surface area contributed by atoms with Crippen molar-refractivity contribution in [2.45, 2.75) is 24.7 Å². The molecular weight excluding hydrogens is 440 g/mol. The molecule has 0 radical (unpaired) electrons. The molecule has 0 atom stereocenters.